The van der Waals surface area contributed by atoms with Gasteiger partial charge in [0.15, 0.2) is 5.82 Å². The lowest BCUT2D eigenvalue weighted by molar-refractivity contribution is -0.216. The molecule has 73 heavy (non-hydrogen) atoms. The Hall–Kier alpha value is -6.28. The molecule has 6 fully saturated rings. The molecule has 19 heteroatoms. The van der Waals surface area contributed by atoms with E-state index in [0.717, 1.165) is 117 Å². The number of carbonyl (C=O) groups is 3. The van der Waals surface area contributed by atoms with E-state index in [1.807, 2.05) is 88.1 Å². The van der Waals surface area contributed by atoms with Gasteiger partial charge < -0.3 is 41.3 Å². The van der Waals surface area contributed by atoms with Crippen LogP contribution in [0.5, 0.6) is 5.75 Å². The molecule has 3 amide bonds. The minimum Gasteiger partial charge on any atom is -0.507 e. The Balaban J connectivity index is 0.636. The molecule has 5 aliphatic heterocycles. The summed E-state index contributed by atoms with van der Waals surface area (Å²) in [4.78, 5) is 68.7. The number of nitrogens with zero attached hydrogens (tertiary/aromatic N) is 10. The van der Waals surface area contributed by atoms with Gasteiger partial charge in [0, 0.05) is 88.4 Å². The Bertz CT molecular complexity index is 2830. The van der Waals surface area contributed by atoms with Gasteiger partial charge in [0.25, 0.3) is 0 Å². The fraction of sp³-hybridized carbons (Fsp3) is 0.519. The lowest BCUT2D eigenvalue weighted by Gasteiger charge is -2.72. The van der Waals surface area contributed by atoms with Crippen molar-refractivity contribution in [2.45, 2.75) is 121 Å². The average molecular weight is 1010 g/mol. The van der Waals surface area contributed by atoms with Crippen LogP contribution in [0.1, 0.15) is 82.8 Å². The largest absolute Gasteiger partial charge is 0.507 e. The van der Waals surface area contributed by atoms with Crippen LogP contribution in [-0.2, 0) is 26.5 Å². The Kier molecular flexibility index (Phi) is 13.1. The second kappa shape index (κ2) is 19.5. The number of phenols is 1. The fourth-order valence-corrected chi connectivity index (χ4v) is 13.5. The van der Waals surface area contributed by atoms with Gasteiger partial charge in [-0.15, -0.1) is 21.5 Å². The number of likely N-dealkylation sites (tertiary alicyclic amines) is 1. The minimum atomic E-state index is -0.858. The zero-order chi connectivity index (χ0) is 50.8. The molecule has 0 radical (unpaired) electrons. The third-order valence-corrected chi connectivity index (χ3v) is 17.6. The first kappa shape index (κ1) is 49.0. The summed E-state index contributed by atoms with van der Waals surface area (Å²) >= 11 is 1.59. The van der Waals surface area contributed by atoms with Crippen molar-refractivity contribution >= 4 is 46.3 Å². The first-order chi connectivity index (χ1) is 35.1. The molecule has 2 unspecified atom stereocenters. The number of aromatic nitrogens is 5. The number of nitrogens with two attached hydrogens (primary N) is 1. The number of piperidine rings is 1. The van der Waals surface area contributed by atoms with Gasteiger partial charge in [-0.1, -0.05) is 57.2 Å². The van der Waals surface area contributed by atoms with Crippen LogP contribution >= 0.6 is 11.3 Å². The number of β-amino-alcohol motifs (C(OH)–C–C–N with tert-alkyl or cyclic N) is 1. The zero-order valence-electron chi connectivity index (χ0n) is 42.2. The van der Waals surface area contributed by atoms with Crippen molar-refractivity contribution in [3.63, 3.8) is 0 Å². The number of para-hydroxylation sites is 1. The van der Waals surface area contributed by atoms with E-state index in [4.69, 9.17) is 15.7 Å². The topological polar surface area (TPSA) is 222 Å². The number of hydrogen-bond acceptors (Lipinski definition) is 16. The van der Waals surface area contributed by atoms with E-state index in [1.54, 1.807) is 23.5 Å². The number of aliphatic hydroxyl groups excluding tert-OH is 1. The van der Waals surface area contributed by atoms with Crippen molar-refractivity contribution in [1.82, 2.24) is 50.5 Å². The molecule has 6 aliphatic rings. The molecular formula is C54H67N13O5S. The molecule has 5 atom stereocenters. The van der Waals surface area contributed by atoms with Gasteiger partial charge >= 0.3 is 0 Å². The number of phenolic OH excluding ortho intramolecular Hbond substituents is 1. The molecular weight excluding hydrogens is 943 g/mol. The van der Waals surface area contributed by atoms with Gasteiger partial charge in [0.1, 0.15) is 23.7 Å². The van der Waals surface area contributed by atoms with Crippen molar-refractivity contribution < 1.29 is 24.6 Å². The van der Waals surface area contributed by atoms with E-state index in [9.17, 15) is 24.6 Å². The molecule has 0 bridgehead atoms. The van der Waals surface area contributed by atoms with Crippen LogP contribution in [0.4, 0.5) is 17.2 Å². The molecule has 5 saturated heterocycles. The normalized spacial score (nSPS) is 26.6. The van der Waals surface area contributed by atoms with Gasteiger partial charge in [-0.05, 0) is 80.2 Å². The summed E-state index contributed by atoms with van der Waals surface area (Å²) in [6, 6.07) is 16.5. The lowest BCUT2D eigenvalue weighted by Crippen LogP contribution is -2.83. The molecule has 2 aromatic carbocycles. The highest BCUT2D eigenvalue weighted by atomic mass is 32.1. The number of rotatable bonds is 12. The number of aliphatic hydroxyl groups is 1. The summed E-state index contributed by atoms with van der Waals surface area (Å²) in [6.45, 7) is 13.3. The summed E-state index contributed by atoms with van der Waals surface area (Å²) in [6.07, 6.45) is 8.56. The fourth-order valence-electron chi connectivity index (χ4n) is 12.7. The van der Waals surface area contributed by atoms with Gasteiger partial charge in [-0.3, -0.25) is 24.2 Å². The van der Waals surface area contributed by atoms with Crippen molar-refractivity contribution in [2.24, 2.45) is 11.3 Å². The summed E-state index contributed by atoms with van der Waals surface area (Å²) < 4.78 is 0. The Labute approximate surface area is 430 Å². The van der Waals surface area contributed by atoms with E-state index in [-0.39, 0.29) is 54.4 Å². The van der Waals surface area contributed by atoms with E-state index >= 15 is 0 Å². The van der Waals surface area contributed by atoms with Gasteiger partial charge in [0.2, 0.25) is 17.7 Å². The maximum Gasteiger partial charge on any atom is 0.246 e. The number of nitrogen functional groups attached to an aromatic ring is 1. The number of piperazine rings is 2. The molecule has 11 rings (SSSR count). The van der Waals surface area contributed by atoms with Crippen molar-refractivity contribution in [3.05, 3.63) is 89.6 Å². The number of benzene rings is 2. The first-order valence-corrected chi connectivity index (χ1v) is 26.8. The SMILES string of the molecule is Cc1ncsc1-c1ccc(CNC(=O)[C@@H]2C[C@@H](O)CN2C(=O)[C@@H](NC(=O)C2CCC(N3CCN(c4cnc(C56CC7CN(c8cc(-c9ccccc9O)nnc8N)CC(C5)N76)nc4)CC3)CC2)C(C)(C)C)cc1. The highest BCUT2D eigenvalue weighted by Gasteiger charge is 2.67. The van der Waals surface area contributed by atoms with E-state index in [1.165, 1.54) is 4.90 Å². The highest BCUT2D eigenvalue weighted by molar-refractivity contribution is 7.13. The monoisotopic (exact) mass is 1010 g/mol. The van der Waals surface area contributed by atoms with E-state index < -0.39 is 23.6 Å². The van der Waals surface area contributed by atoms with Crippen LogP contribution in [-0.4, -0.2) is 150 Å². The number of anilines is 3. The summed E-state index contributed by atoms with van der Waals surface area (Å²) in [5.74, 6) is 0.461. The van der Waals surface area contributed by atoms with Crippen LogP contribution in [0.3, 0.4) is 0 Å². The smallest absolute Gasteiger partial charge is 0.246 e. The number of carbonyl (C=O) groups excluding carboxylic acids is 3. The van der Waals surface area contributed by atoms with E-state index in [0.29, 0.717) is 35.2 Å². The standard InChI is InChI=1S/C54H67N13O5S/c1-32-46(73-31-59-32)34-11-9-33(10-12-34)25-56-50(71)44-21-40(68)30-66(44)51(72)47(53(2,3)4)60-49(70)35-13-15-36(16-14-35)63-17-19-64(20-18-63)39-26-57-52(58-27-39)54-23-37-28-65(29-38(24-54)67(37)54)43-22-42(61-62-48(43)55)41-7-5-6-8-45(41)69/h5-12,22,26-27,31,35-38,40,44,47,68-69H,13-21,23-25,28-30H2,1-4H3,(H2,55,62)(H,56,71)(H,60,70)/t35?,36?,37?,38?,40-,44+,47-,54?/m1/s1. The highest BCUT2D eigenvalue weighted by Crippen LogP contribution is 2.59. The number of aromatic hydroxyl groups is 1. The van der Waals surface area contributed by atoms with Crippen molar-refractivity contribution in [3.8, 4) is 27.4 Å². The first-order valence-electron chi connectivity index (χ1n) is 26.0. The summed E-state index contributed by atoms with van der Waals surface area (Å²) in [5, 5.41) is 35.8. The number of aryl methyl sites for hydroxylation is 1. The molecule has 6 N–H and O–H groups in total. The molecule has 8 heterocycles. The maximum atomic E-state index is 14.3. The maximum absolute atomic E-state index is 14.3. The minimum absolute atomic E-state index is 0.0360. The molecule has 384 valence electrons. The molecule has 18 nitrogen and oxygen atoms in total. The number of amides is 3. The third-order valence-electron chi connectivity index (χ3n) is 16.6. The van der Waals surface area contributed by atoms with E-state index in [2.05, 4.69) is 45.4 Å². The Morgan fingerprint density at radius 2 is 1.56 bits per heavy atom. The quantitative estimate of drug-likeness (QED) is 0.114. The van der Waals surface area contributed by atoms with Crippen molar-refractivity contribution in [2.75, 3.05) is 61.3 Å². The second-order valence-corrected chi connectivity index (χ2v) is 23.1. The Morgan fingerprint density at radius 3 is 2.22 bits per heavy atom. The molecule has 5 aromatic rings. The molecule has 3 aromatic heterocycles. The lowest BCUT2D eigenvalue weighted by atomic mass is 9.62. The Morgan fingerprint density at radius 1 is 0.863 bits per heavy atom. The van der Waals surface area contributed by atoms with Gasteiger partial charge in [-0.2, -0.15) is 0 Å². The number of hydrogen-bond donors (Lipinski definition) is 5. The number of nitrogens with one attached hydrogen (secondary N) is 2. The van der Waals surface area contributed by atoms with Crippen LogP contribution in [0.15, 0.2) is 72.5 Å². The second-order valence-electron chi connectivity index (χ2n) is 22.3. The van der Waals surface area contributed by atoms with Crippen LogP contribution in [0.2, 0.25) is 0 Å². The van der Waals surface area contributed by atoms with Crippen LogP contribution in [0.25, 0.3) is 21.7 Å². The van der Waals surface area contributed by atoms with Gasteiger partial charge in [0.05, 0.1) is 57.2 Å². The molecule has 0 spiro atoms. The van der Waals surface area contributed by atoms with Crippen LogP contribution in [0, 0.1) is 18.3 Å². The van der Waals surface area contributed by atoms with Gasteiger partial charge in [-0.25, -0.2) is 15.0 Å². The number of thiazole rings is 1. The molecule has 1 aliphatic carbocycles. The summed E-state index contributed by atoms with van der Waals surface area (Å²) in [5.41, 5.74) is 13.6. The average Bonchev–Trinajstić information content (AvgIpc) is 4.00. The predicted molar refractivity (Wildman–Crippen MR) is 279 cm³/mol. The van der Waals surface area contributed by atoms with Crippen molar-refractivity contribution in [1.29, 1.82) is 0 Å². The predicted octanol–water partition coefficient (Wildman–Crippen LogP) is 4.71. The zero-order valence-corrected chi connectivity index (χ0v) is 43.0. The van der Waals surface area contributed by atoms with Crippen LogP contribution < -0.4 is 26.2 Å². The summed E-state index contributed by atoms with van der Waals surface area (Å²) in [7, 11) is 0. The molecule has 1 saturated carbocycles. The third kappa shape index (κ3) is 9.37.